The van der Waals surface area contributed by atoms with Gasteiger partial charge in [0.25, 0.3) is 0 Å². The fraction of sp³-hybridized carbons (Fsp3) is 0.333. The maximum atomic E-state index is 10.9. The Morgan fingerprint density at radius 2 is 2.29 bits per heavy atom. The molecule has 2 rings (SSSR count). The standard InChI is InChI=1S/C12H13NO2S2/c1-7(2)12-13-11(8-4-3-5-16-8)9(17-12)6-10(14)15/h3-5,7H,6H2,1-2H3,(H,14,15). The van der Waals surface area contributed by atoms with E-state index in [9.17, 15) is 4.79 Å². The largest absolute Gasteiger partial charge is 0.481 e. The molecule has 17 heavy (non-hydrogen) atoms. The van der Waals surface area contributed by atoms with Gasteiger partial charge in [-0.25, -0.2) is 4.98 Å². The summed E-state index contributed by atoms with van der Waals surface area (Å²) in [5.41, 5.74) is 0.844. The number of rotatable bonds is 4. The van der Waals surface area contributed by atoms with E-state index in [1.54, 1.807) is 11.3 Å². The van der Waals surface area contributed by atoms with Gasteiger partial charge < -0.3 is 5.11 Å². The van der Waals surface area contributed by atoms with Gasteiger partial charge in [0.05, 0.1) is 22.0 Å². The predicted molar refractivity (Wildman–Crippen MR) is 70.9 cm³/mol. The molecule has 0 aliphatic carbocycles. The summed E-state index contributed by atoms with van der Waals surface area (Å²) in [6, 6.07) is 3.94. The van der Waals surface area contributed by atoms with Crippen molar-refractivity contribution in [3.8, 4) is 10.6 Å². The highest BCUT2D eigenvalue weighted by Crippen LogP contribution is 2.34. The van der Waals surface area contributed by atoms with E-state index in [2.05, 4.69) is 18.8 Å². The molecule has 2 aromatic heterocycles. The van der Waals surface area contributed by atoms with Crippen molar-refractivity contribution < 1.29 is 9.90 Å². The molecule has 0 aliphatic rings. The highest BCUT2D eigenvalue weighted by molar-refractivity contribution is 7.15. The fourth-order valence-corrected chi connectivity index (χ4v) is 3.36. The lowest BCUT2D eigenvalue weighted by atomic mass is 10.2. The van der Waals surface area contributed by atoms with Gasteiger partial charge in [-0.3, -0.25) is 4.79 Å². The van der Waals surface area contributed by atoms with Gasteiger partial charge in [0.1, 0.15) is 0 Å². The molecule has 0 unspecified atom stereocenters. The molecule has 0 saturated carbocycles. The molecular formula is C12H13NO2S2. The third-order valence-corrected chi connectivity index (χ3v) is 4.51. The highest BCUT2D eigenvalue weighted by atomic mass is 32.1. The van der Waals surface area contributed by atoms with Crippen molar-refractivity contribution in [2.75, 3.05) is 0 Å². The lowest BCUT2D eigenvalue weighted by Crippen LogP contribution is -1.98. The average Bonchev–Trinajstić information content (AvgIpc) is 2.83. The zero-order valence-corrected chi connectivity index (χ0v) is 11.3. The van der Waals surface area contributed by atoms with Crippen LogP contribution in [0.4, 0.5) is 0 Å². The van der Waals surface area contributed by atoms with E-state index in [4.69, 9.17) is 5.11 Å². The molecule has 0 radical (unpaired) electrons. The number of carboxylic acid groups (broad SMARTS) is 1. The van der Waals surface area contributed by atoms with E-state index in [1.807, 2.05) is 17.5 Å². The van der Waals surface area contributed by atoms with Crippen LogP contribution in [0.25, 0.3) is 10.6 Å². The van der Waals surface area contributed by atoms with Crippen LogP contribution in [0.15, 0.2) is 17.5 Å². The van der Waals surface area contributed by atoms with Crippen LogP contribution in [0.5, 0.6) is 0 Å². The molecule has 0 aliphatic heterocycles. The first-order valence-electron chi connectivity index (χ1n) is 5.33. The van der Waals surface area contributed by atoms with E-state index >= 15 is 0 Å². The molecular weight excluding hydrogens is 254 g/mol. The van der Waals surface area contributed by atoms with E-state index < -0.39 is 5.97 Å². The van der Waals surface area contributed by atoms with Gasteiger partial charge in [-0.05, 0) is 11.4 Å². The van der Waals surface area contributed by atoms with Gasteiger partial charge in [-0.2, -0.15) is 0 Å². The predicted octanol–water partition coefficient (Wildman–Crippen LogP) is 3.62. The summed E-state index contributed by atoms with van der Waals surface area (Å²) in [5.74, 6) is -0.469. The van der Waals surface area contributed by atoms with E-state index in [0.29, 0.717) is 5.92 Å². The van der Waals surface area contributed by atoms with Crippen LogP contribution in [-0.2, 0) is 11.2 Å². The second-order valence-corrected chi connectivity index (χ2v) is 6.09. The maximum absolute atomic E-state index is 10.9. The number of thiophene rings is 1. The van der Waals surface area contributed by atoms with Crippen LogP contribution >= 0.6 is 22.7 Å². The van der Waals surface area contributed by atoms with Crippen molar-refractivity contribution >= 4 is 28.6 Å². The second-order valence-electron chi connectivity index (χ2n) is 4.03. The Bertz CT molecular complexity index is 515. The molecule has 0 amide bonds. The lowest BCUT2D eigenvalue weighted by Gasteiger charge is -1.95. The molecule has 0 spiro atoms. The van der Waals surface area contributed by atoms with E-state index in [-0.39, 0.29) is 6.42 Å². The molecule has 0 aromatic carbocycles. The summed E-state index contributed by atoms with van der Waals surface area (Å²) in [5, 5.41) is 11.9. The Morgan fingerprint density at radius 3 is 2.82 bits per heavy atom. The minimum atomic E-state index is -0.804. The van der Waals surface area contributed by atoms with Crippen molar-refractivity contribution in [1.29, 1.82) is 0 Å². The molecule has 0 fully saturated rings. The number of carboxylic acids is 1. The Kier molecular flexibility index (Phi) is 3.59. The van der Waals surface area contributed by atoms with Crippen LogP contribution in [-0.4, -0.2) is 16.1 Å². The van der Waals surface area contributed by atoms with Crippen molar-refractivity contribution in [2.45, 2.75) is 26.2 Å². The first-order chi connectivity index (χ1) is 8.08. The summed E-state index contributed by atoms with van der Waals surface area (Å²) in [7, 11) is 0. The van der Waals surface area contributed by atoms with Crippen molar-refractivity contribution in [3.05, 3.63) is 27.4 Å². The van der Waals surface area contributed by atoms with Gasteiger partial charge in [0.15, 0.2) is 0 Å². The number of nitrogens with zero attached hydrogens (tertiary/aromatic N) is 1. The molecule has 5 heteroatoms. The second kappa shape index (κ2) is 4.98. The summed E-state index contributed by atoms with van der Waals surface area (Å²) in [6.07, 6.45) is 0.0532. The molecule has 3 nitrogen and oxygen atoms in total. The number of thiazole rings is 1. The topological polar surface area (TPSA) is 50.2 Å². The molecule has 0 atom stereocenters. The Morgan fingerprint density at radius 1 is 1.53 bits per heavy atom. The SMILES string of the molecule is CC(C)c1nc(-c2cccs2)c(CC(=O)O)s1. The van der Waals surface area contributed by atoms with Crippen LogP contribution in [0.2, 0.25) is 0 Å². The number of aromatic nitrogens is 1. The normalized spacial score (nSPS) is 11.0. The molecule has 90 valence electrons. The number of aliphatic carboxylic acids is 1. The molecule has 2 aromatic rings. The summed E-state index contributed by atoms with van der Waals surface area (Å²) in [6.45, 7) is 4.14. The Hall–Kier alpha value is -1.20. The minimum absolute atomic E-state index is 0.0532. The van der Waals surface area contributed by atoms with Gasteiger partial charge in [-0.1, -0.05) is 19.9 Å². The highest BCUT2D eigenvalue weighted by Gasteiger charge is 2.17. The third kappa shape index (κ3) is 2.73. The van der Waals surface area contributed by atoms with Gasteiger partial charge in [-0.15, -0.1) is 22.7 Å². The molecule has 1 N–H and O–H groups in total. The van der Waals surface area contributed by atoms with Crippen molar-refractivity contribution in [3.63, 3.8) is 0 Å². The first-order valence-corrected chi connectivity index (χ1v) is 7.02. The van der Waals surface area contributed by atoms with Gasteiger partial charge in [0.2, 0.25) is 0 Å². The van der Waals surface area contributed by atoms with E-state index in [0.717, 1.165) is 20.5 Å². The van der Waals surface area contributed by atoms with Crippen LogP contribution in [0, 0.1) is 0 Å². The zero-order chi connectivity index (χ0) is 12.4. The van der Waals surface area contributed by atoms with Crippen LogP contribution in [0.3, 0.4) is 0 Å². The van der Waals surface area contributed by atoms with Gasteiger partial charge in [0, 0.05) is 10.8 Å². The van der Waals surface area contributed by atoms with Crippen LogP contribution in [0.1, 0.15) is 29.7 Å². The summed E-state index contributed by atoms with van der Waals surface area (Å²) in [4.78, 5) is 17.3. The Labute approximate surface area is 108 Å². The smallest absolute Gasteiger partial charge is 0.308 e. The molecule has 0 saturated heterocycles. The maximum Gasteiger partial charge on any atom is 0.308 e. The third-order valence-electron chi connectivity index (χ3n) is 2.27. The number of carbonyl (C=O) groups is 1. The van der Waals surface area contributed by atoms with Crippen LogP contribution < -0.4 is 0 Å². The van der Waals surface area contributed by atoms with Gasteiger partial charge >= 0.3 is 5.97 Å². The quantitative estimate of drug-likeness (QED) is 0.920. The van der Waals surface area contributed by atoms with Crippen molar-refractivity contribution in [2.24, 2.45) is 0 Å². The molecule has 2 heterocycles. The Balaban J connectivity index is 2.44. The monoisotopic (exact) mass is 267 g/mol. The first kappa shape index (κ1) is 12.3. The summed E-state index contributed by atoms with van der Waals surface area (Å²) < 4.78 is 0. The van der Waals surface area contributed by atoms with Crippen molar-refractivity contribution in [1.82, 2.24) is 4.98 Å². The average molecular weight is 267 g/mol. The molecule has 0 bridgehead atoms. The zero-order valence-electron chi connectivity index (χ0n) is 9.64. The number of hydrogen-bond donors (Lipinski definition) is 1. The number of hydrogen-bond acceptors (Lipinski definition) is 4. The van der Waals surface area contributed by atoms with E-state index in [1.165, 1.54) is 11.3 Å². The lowest BCUT2D eigenvalue weighted by molar-refractivity contribution is -0.136. The fourth-order valence-electron chi connectivity index (χ4n) is 1.48. The summed E-state index contributed by atoms with van der Waals surface area (Å²) >= 11 is 3.10. The minimum Gasteiger partial charge on any atom is -0.481 e.